The molecule has 1 aliphatic rings. The highest BCUT2D eigenvalue weighted by atomic mass is 16.5. The Balaban J connectivity index is 1.76. The third-order valence-corrected chi connectivity index (χ3v) is 5.24. The molecule has 0 spiro atoms. The Morgan fingerprint density at radius 1 is 1.28 bits per heavy atom. The van der Waals surface area contributed by atoms with Crippen LogP contribution in [0.3, 0.4) is 0 Å². The van der Waals surface area contributed by atoms with Gasteiger partial charge in [0.15, 0.2) is 0 Å². The Morgan fingerprint density at radius 3 is 2.60 bits per heavy atom. The van der Waals surface area contributed by atoms with E-state index in [0.29, 0.717) is 6.04 Å². The van der Waals surface area contributed by atoms with Crippen molar-refractivity contribution < 1.29 is 9.84 Å². The van der Waals surface area contributed by atoms with E-state index in [-0.39, 0.29) is 6.04 Å². The van der Waals surface area contributed by atoms with Gasteiger partial charge in [0.2, 0.25) is 0 Å². The molecule has 5 nitrogen and oxygen atoms in total. The number of likely N-dealkylation sites (tertiary alicyclic amines) is 1. The molecule has 3 rings (SSSR count). The van der Waals surface area contributed by atoms with E-state index in [0.717, 1.165) is 42.9 Å². The van der Waals surface area contributed by atoms with Gasteiger partial charge in [-0.25, -0.2) is 0 Å². The zero-order valence-corrected chi connectivity index (χ0v) is 15.6. The lowest BCUT2D eigenvalue weighted by Crippen LogP contribution is -2.45. The lowest BCUT2D eigenvalue weighted by atomic mass is 9.86. The zero-order chi connectivity index (χ0) is 18.0. The standard InChI is InChI=1S/C20H29N3O2/c1-15(2)23-13-11-17(21-23)14-22-12-5-6-19(22)20(3,24)16-7-9-18(25-4)10-8-16/h7-11,13,15,19,24H,5-6,12,14H2,1-4H3/t19-,20+/m1/s1. The third-order valence-electron chi connectivity index (χ3n) is 5.24. The molecule has 1 saturated heterocycles. The highest BCUT2D eigenvalue weighted by Crippen LogP contribution is 2.36. The fraction of sp³-hybridized carbons (Fsp3) is 0.550. The van der Waals surface area contributed by atoms with Crippen LogP contribution in [-0.2, 0) is 12.1 Å². The Hall–Kier alpha value is -1.85. The smallest absolute Gasteiger partial charge is 0.118 e. The highest BCUT2D eigenvalue weighted by molar-refractivity contribution is 5.31. The summed E-state index contributed by atoms with van der Waals surface area (Å²) in [5.41, 5.74) is 1.09. The average Bonchev–Trinajstić information content (AvgIpc) is 3.25. The highest BCUT2D eigenvalue weighted by Gasteiger charge is 2.40. The number of hydrogen-bond acceptors (Lipinski definition) is 4. The molecule has 2 aromatic rings. The van der Waals surface area contributed by atoms with Gasteiger partial charge in [-0.3, -0.25) is 9.58 Å². The first kappa shape index (κ1) is 18.0. The Labute approximate surface area is 150 Å². The van der Waals surface area contributed by atoms with E-state index in [9.17, 15) is 5.11 Å². The van der Waals surface area contributed by atoms with Crippen LogP contribution in [0.4, 0.5) is 0 Å². The summed E-state index contributed by atoms with van der Waals surface area (Å²) in [6.07, 6.45) is 4.12. The number of aromatic nitrogens is 2. The topological polar surface area (TPSA) is 50.5 Å². The molecule has 2 heterocycles. The third kappa shape index (κ3) is 3.72. The van der Waals surface area contributed by atoms with Crippen LogP contribution in [-0.4, -0.2) is 39.5 Å². The molecule has 0 aliphatic carbocycles. The van der Waals surface area contributed by atoms with Crippen molar-refractivity contribution in [2.24, 2.45) is 0 Å². The molecule has 1 N–H and O–H groups in total. The van der Waals surface area contributed by atoms with Crippen molar-refractivity contribution in [1.82, 2.24) is 14.7 Å². The monoisotopic (exact) mass is 343 g/mol. The van der Waals surface area contributed by atoms with Crippen LogP contribution in [0, 0.1) is 0 Å². The molecule has 1 aromatic carbocycles. The number of hydrogen-bond donors (Lipinski definition) is 1. The van der Waals surface area contributed by atoms with Crippen LogP contribution < -0.4 is 4.74 Å². The first-order valence-corrected chi connectivity index (χ1v) is 9.07. The van der Waals surface area contributed by atoms with E-state index in [2.05, 4.69) is 29.9 Å². The molecule has 0 bridgehead atoms. The summed E-state index contributed by atoms with van der Waals surface area (Å²) >= 11 is 0. The predicted octanol–water partition coefficient (Wildman–Crippen LogP) is 3.34. The van der Waals surface area contributed by atoms with Crippen molar-refractivity contribution in [2.75, 3.05) is 13.7 Å². The zero-order valence-electron chi connectivity index (χ0n) is 15.6. The summed E-state index contributed by atoms with van der Waals surface area (Å²) in [6.45, 7) is 7.94. The molecule has 1 aromatic heterocycles. The summed E-state index contributed by atoms with van der Waals surface area (Å²) in [4.78, 5) is 2.36. The Bertz CT molecular complexity index is 691. The Kier molecular flexibility index (Phi) is 5.16. The molecule has 0 amide bonds. The van der Waals surface area contributed by atoms with Gasteiger partial charge in [-0.05, 0) is 63.9 Å². The lowest BCUT2D eigenvalue weighted by Gasteiger charge is -2.36. The van der Waals surface area contributed by atoms with Crippen LogP contribution in [0.5, 0.6) is 5.75 Å². The molecule has 0 unspecified atom stereocenters. The van der Waals surface area contributed by atoms with E-state index in [1.807, 2.05) is 42.1 Å². The first-order chi connectivity index (χ1) is 11.9. The summed E-state index contributed by atoms with van der Waals surface area (Å²) in [5, 5.41) is 15.9. The minimum absolute atomic E-state index is 0.0881. The molecular formula is C20H29N3O2. The van der Waals surface area contributed by atoms with Crippen LogP contribution in [0.15, 0.2) is 36.5 Å². The van der Waals surface area contributed by atoms with Crippen molar-refractivity contribution in [3.8, 4) is 5.75 Å². The van der Waals surface area contributed by atoms with E-state index in [1.165, 1.54) is 0 Å². The quantitative estimate of drug-likeness (QED) is 0.874. The molecule has 1 aliphatic heterocycles. The van der Waals surface area contributed by atoms with Crippen molar-refractivity contribution in [2.45, 2.75) is 57.8 Å². The van der Waals surface area contributed by atoms with Gasteiger partial charge in [0.25, 0.3) is 0 Å². The van der Waals surface area contributed by atoms with Gasteiger partial charge < -0.3 is 9.84 Å². The van der Waals surface area contributed by atoms with Crippen LogP contribution in [0.25, 0.3) is 0 Å². The van der Waals surface area contributed by atoms with Gasteiger partial charge in [0.05, 0.1) is 12.8 Å². The van der Waals surface area contributed by atoms with Gasteiger partial charge in [0.1, 0.15) is 11.4 Å². The molecule has 0 saturated carbocycles. The van der Waals surface area contributed by atoms with Crippen molar-refractivity contribution in [3.63, 3.8) is 0 Å². The van der Waals surface area contributed by atoms with E-state index in [1.54, 1.807) is 7.11 Å². The summed E-state index contributed by atoms with van der Waals surface area (Å²) < 4.78 is 7.21. The number of nitrogens with zero attached hydrogens (tertiary/aromatic N) is 3. The average molecular weight is 343 g/mol. The number of rotatable bonds is 6. The van der Waals surface area contributed by atoms with Crippen LogP contribution in [0.2, 0.25) is 0 Å². The van der Waals surface area contributed by atoms with E-state index in [4.69, 9.17) is 4.74 Å². The van der Waals surface area contributed by atoms with Gasteiger partial charge in [-0.2, -0.15) is 5.10 Å². The fourth-order valence-electron chi connectivity index (χ4n) is 3.73. The normalized spacial score (nSPS) is 20.8. The number of ether oxygens (including phenoxy) is 1. The Morgan fingerprint density at radius 2 is 2.00 bits per heavy atom. The summed E-state index contributed by atoms with van der Waals surface area (Å²) in [6, 6.07) is 10.3. The van der Waals surface area contributed by atoms with Crippen molar-refractivity contribution in [1.29, 1.82) is 0 Å². The van der Waals surface area contributed by atoms with Gasteiger partial charge in [-0.1, -0.05) is 12.1 Å². The van der Waals surface area contributed by atoms with E-state index >= 15 is 0 Å². The lowest BCUT2D eigenvalue weighted by molar-refractivity contribution is -0.0258. The number of aliphatic hydroxyl groups is 1. The number of methoxy groups -OCH3 is 1. The van der Waals surface area contributed by atoms with Crippen LogP contribution in [0.1, 0.15) is 50.9 Å². The maximum absolute atomic E-state index is 11.3. The van der Waals surface area contributed by atoms with Crippen LogP contribution >= 0.6 is 0 Å². The summed E-state index contributed by atoms with van der Waals surface area (Å²) in [7, 11) is 1.65. The molecule has 2 atom stereocenters. The fourth-order valence-corrected chi connectivity index (χ4v) is 3.73. The molecular weight excluding hydrogens is 314 g/mol. The van der Waals surface area contributed by atoms with Gasteiger partial charge >= 0.3 is 0 Å². The molecule has 1 fully saturated rings. The summed E-state index contributed by atoms with van der Waals surface area (Å²) in [5.74, 6) is 0.807. The minimum atomic E-state index is -0.899. The predicted molar refractivity (Wildman–Crippen MR) is 98.6 cm³/mol. The van der Waals surface area contributed by atoms with E-state index < -0.39 is 5.60 Å². The minimum Gasteiger partial charge on any atom is -0.497 e. The van der Waals surface area contributed by atoms with Gasteiger partial charge in [-0.15, -0.1) is 0 Å². The SMILES string of the molecule is COc1ccc([C@](C)(O)[C@H]2CCCN2Cc2ccn(C(C)C)n2)cc1. The second-order valence-corrected chi connectivity index (χ2v) is 7.39. The maximum Gasteiger partial charge on any atom is 0.118 e. The number of benzene rings is 1. The molecule has 0 radical (unpaired) electrons. The maximum atomic E-state index is 11.3. The van der Waals surface area contributed by atoms with Crippen molar-refractivity contribution >= 4 is 0 Å². The molecule has 136 valence electrons. The van der Waals surface area contributed by atoms with Gasteiger partial charge in [0, 0.05) is 24.8 Å². The largest absolute Gasteiger partial charge is 0.497 e. The van der Waals surface area contributed by atoms with Crippen molar-refractivity contribution in [3.05, 3.63) is 47.8 Å². The second-order valence-electron chi connectivity index (χ2n) is 7.39. The second kappa shape index (κ2) is 7.18. The first-order valence-electron chi connectivity index (χ1n) is 9.07. The molecule has 25 heavy (non-hydrogen) atoms. The molecule has 5 heteroatoms.